The quantitative estimate of drug-likeness (QED) is 0.0883. The van der Waals surface area contributed by atoms with Crippen molar-refractivity contribution >= 4 is 9.52 Å². The van der Waals surface area contributed by atoms with Gasteiger partial charge in [0.1, 0.15) is 0 Å². The molecule has 0 fully saturated rings. The van der Waals surface area contributed by atoms with Crippen LogP contribution in [0.5, 0.6) is 0 Å². The van der Waals surface area contributed by atoms with Crippen molar-refractivity contribution in [3.8, 4) is 0 Å². The molecule has 0 rings (SSSR count). The van der Waals surface area contributed by atoms with Crippen LogP contribution in [0.4, 0.5) is 0 Å². The second kappa shape index (κ2) is 22.8. The zero-order valence-electron chi connectivity index (χ0n) is 20.4. The molecular weight excluding hydrogens is 376 g/mol. The van der Waals surface area contributed by atoms with Crippen LogP contribution in [0, 0.1) is 0 Å². The highest BCUT2D eigenvalue weighted by Crippen LogP contribution is 2.18. The maximum absolute atomic E-state index is 5.81. The number of rotatable bonds is 24. The van der Waals surface area contributed by atoms with E-state index in [0.29, 0.717) is 29.3 Å². The number of hydrogen-bond donors (Lipinski definition) is 0. The highest BCUT2D eigenvalue weighted by atomic mass is 28.2. The van der Waals surface area contributed by atoms with Gasteiger partial charge in [-0.2, -0.15) is 0 Å². The van der Waals surface area contributed by atoms with Crippen LogP contribution < -0.4 is 0 Å². The Morgan fingerprint density at radius 1 is 0.448 bits per heavy atom. The fraction of sp³-hybridized carbons (Fsp3) is 1.00. The van der Waals surface area contributed by atoms with Crippen LogP contribution in [0.1, 0.15) is 130 Å². The van der Waals surface area contributed by atoms with Gasteiger partial charge in [0.05, 0.1) is 0 Å². The molecule has 0 aromatic carbocycles. The lowest BCUT2D eigenvalue weighted by Crippen LogP contribution is -2.45. The summed E-state index contributed by atoms with van der Waals surface area (Å²) in [6, 6.07) is 1.14. The van der Waals surface area contributed by atoms with E-state index in [4.69, 9.17) is 14.2 Å². The van der Waals surface area contributed by atoms with E-state index in [-0.39, 0.29) is 0 Å². The first-order valence-corrected chi connectivity index (χ1v) is 14.1. The molecule has 0 aliphatic carbocycles. The van der Waals surface area contributed by atoms with Crippen molar-refractivity contribution in [1.29, 1.82) is 0 Å². The molecule has 0 aliphatic heterocycles. The van der Waals surface area contributed by atoms with E-state index in [1.807, 2.05) is 20.8 Å². The van der Waals surface area contributed by atoms with Crippen molar-refractivity contribution in [2.75, 3.05) is 19.8 Å². The van der Waals surface area contributed by atoms with E-state index >= 15 is 0 Å². The van der Waals surface area contributed by atoms with E-state index < -0.39 is 5.60 Å². The first kappa shape index (κ1) is 29.1. The van der Waals surface area contributed by atoms with Gasteiger partial charge in [-0.15, -0.1) is 0 Å². The molecule has 2 radical (unpaired) electrons. The van der Waals surface area contributed by atoms with Crippen LogP contribution >= 0.6 is 0 Å². The van der Waals surface area contributed by atoms with Crippen LogP contribution in [-0.2, 0) is 14.2 Å². The Morgan fingerprint density at radius 2 is 0.759 bits per heavy atom. The van der Waals surface area contributed by atoms with Gasteiger partial charge in [-0.1, -0.05) is 116 Å². The molecule has 4 heteroatoms. The van der Waals surface area contributed by atoms with Crippen molar-refractivity contribution in [2.24, 2.45) is 0 Å². The van der Waals surface area contributed by atoms with Crippen LogP contribution in [-0.4, -0.2) is 34.9 Å². The number of hydrogen-bond acceptors (Lipinski definition) is 3. The van der Waals surface area contributed by atoms with E-state index in [2.05, 4.69) is 6.92 Å². The maximum atomic E-state index is 5.81. The first-order valence-electron chi connectivity index (χ1n) is 12.9. The molecule has 0 aromatic rings. The normalized spacial score (nSPS) is 12.0. The van der Waals surface area contributed by atoms with E-state index in [1.54, 1.807) is 0 Å². The van der Waals surface area contributed by atoms with Gasteiger partial charge < -0.3 is 14.2 Å². The predicted octanol–water partition coefficient (Wildman–Crippen LogP) is 8.09. The molecule has 0 spiro atoms. The van der Waals surface area contributed by atoms with Crippen LogP contribution in [0.2, 0.25) is 6.04 Å². The van der Waals surface area contributed by atoms with Gasteiger partial charge in [0.25, 0.3) is 5.60 Å². The molecule has 29 heavy (non-hydrogen) atoms. The SMILES string of the molecule is CCCCCCCCCCCCCCCCCC[Si]C(OCC)(OCC)OCC. The summed E-state index contributed by atoms with van der Waals surface area (Å²) in [5, 5.41) is 0. The minimum Gasteiger partial charge on any atom is -0.332 e. The largest absolute Gasteiger partial charge is 0.332 e. The molecule has 0 saturated carbocycles. The number of unbranched alkanes of at least 4 members (excludes halogenated alkanes) is 15. The lowest BCUT2D eigenvalue weighted by molar-refractivity contribution is -0.323. The molecule has 0 heterocycles. The van der Waals surface area contributed by atoms with Crippen molar-refractivity contribution in [3.05, 3.63) is 0 Å². The van der Waals surface area contributed by atoms with E-state index in [0.717, 1.165) is 6.04 Å². The molecule has 0 atom stereocenters. The molecule has 174 valence electrons. The summed E-state index contributed by atoms with van der Waals surface area (Å²) in [5.74, 6) is 0. The maximum Gasteiger partial charge on any atom is 0.251 e. The smallest absolute Gasteiger partial charge is 0.251 e. The van der Waals surface area contributed by atoms with Crippen molar-refractivity contribution in [1.82, 2.24) is 0 Å². The van der Waals surface area contributed by atoms with E-state index in [1.165, 1.54) is 103 Å². The molecule has 0 unspecified atom stereocenters. The molecule has 0 aliphatic rings. The molecular formula is C25H52O3Si. The highest BCUT2D eigenvalue weighted by molar-refractivity contribution is 6.38. The fourth-order valence-corrected chi connectivity index (χ4v) is 5.23. The molecule has 0 amide bonds. The second-order valence-corrected chi connectivity index (χ2v) is 9.55. The number of ether oxygens (including phenoxy) is 3. The van der Waals surface area contributed by atoms with Crippen LogP contribution in [0.25, 0.3) is 0 Å². The molecule has 0 aromatic heterocycles. The first-order chi connectivity index (χ1) is 14.2. The van der Waals surface area contributed by atoms with Crippen LogP contribution in [0.15, 0.2) is 0 Å². The fourth-order valence-electron chi connectivity index (χ4n) is 3.76. The molecule has 3 nitrogen and oxygen atoms in total. The Kier molecular flexibility index (Phi) is 22.9. The van der Waals surface area contributed by atoms with Gasteiger partial charge in [-0.25, -0.2) is 0 Å². The van der Waals surface area contributed by atoms with Gasteiger partial charge in [0.15, 0.2) is 9.52 Å². The second-order valence-electron chi connectivity index (χ2n) is 8.09. The Labute approximate surface area is 185 Å². The van der Waals surface area contributed by atoms with E-state index in [9.17, 15) is 0 Å². The summed E-state index contributed by atoms with van der Waals surface area (Å²) in [4.78, 5) is 0. The molecule has 0 N–H and O–H groups in total. The summed E-state index contributed by atoms with van der Waals surface area (Å²) in [5.41, 5.74) is -0.784. The van der Waals surface area contributed by atoms with Gasteiger partial charge in [-0.3, -0.25) is 0 Å². The predicted molar refractivity (Wildman–Crippen MR) is 128 cm³/mol. The average Bonchev–Trinajstić information content (AvgIpc) is 2.71. The zero-order valence-corrected chi connectivity index (χ0v) is 21.4. The summed E-state index contributed by atoms with van der Waals surface area (Å²) in [6.07, 6.45) is 22.6. The third-order valence-corrected chi connectivity index (χ3v) is 6.84. The molecule has 0 bridgehead atoms. The minimum absolute atomic E-state index is 0.558. The standard InChI is InChI=1S/C25H52O3Si/c1-5-9-10-11-12-13-14-15-16-17-18-19-20-21-22-23-24-29-25(26-6-2,27-7-3)28-8-4/h5-24H2,1-4H3. The summed E-state index contributed by atoms with van der Waals surface area (Å²) < 4.78 is 17.4. The van der Waals surface area contributed by atoms with Crippen molar-refractivity contribution in [3.63, 3.8) is 0 Å². The summed E-state index contributed by atoms with van der Waals surface area (Å²) >= 11 is 0. The Morgan fingerprint density at radius 3 is 1.07 bits per heavy atom. The monoisotopic (exact) mass is 428 g/mol. The van der Waals surface area contributed by atoms with Gasteiger partial charge in [0, 0.05) is 19.8 Å². The third kappa shape index (κ3) is 18.6. The summed E-state index contributed by atoms with van der Waals surface area (Å²) in [7, 11) is 0.558. The summed E-state index contributed by atoms with van der Waals surface area (Å²) in [6.45, 7) is 10.2. The Bertz CT molecular complexity index is 295. The zero-order chi connectivity index (χ0) is 21.5. The van der Waals surface area contributed by atoms with Gasteiger partial charge >= 0.3 is 0 Å². The Hall–Kier alpha value is 0.0969. The molecule has 0 saturated heterocycles. The Balaban J connectivity index is 3.43. The van der Waals surface area contributed by atoms with Gasteiger partial charge in [-0.05, 0) is 20.8 Å². The third-order valence-electron chi connectivity index (χ3n) is 5.37. The highest BCUT2D eigenvalue weighted by Gasteiger charge is 2.32. The van der Waals surface area contributed by atoms with Crippen molar-refractivity contribution < 1.29 is 14.2 Å². The average molecular weight is 429 g/mol. The lowest BCUT2D eigenvalue weighted by atomic mass is 10.0. The van der Waals surface area contributed by atoms with Crippen molar-refractivity contribution in [2.45, 2.75) is 142 Å². The van der Waals surface area contributed by atoms with Crippen LogP contribution in [0.3, 0.4) is 0 Å². The topological polar surface area (TPSA) is 27.7 Å². The minimum atomic E-state index is -0.784. The van der Waals surface area contributed by atoms with Gasteiger partial charge in [0.2, 0.25) is 0 Å². The lowest BCUT2D eigenvalue weighted by Gasteiger charge is -2.32.